The SMILES string of the molecule is CCCNC1CSCC1Cc1cc(Br)ccc1F. The van der Waals surface area contributed by atoms with E-state index in [1.165, 1.54) is 0 Å². The maximum Gasteiger partial charge on any atom is 0.126 e. The van der Waals surface area contributed by atoms with E-state index in [9.17, 15) is 4.39 Å². The highest BCUT2D eigenvalue weighted by atomic mass is 79.9. The third-order valence-corrected chi connectivity index (χ3v) is 5.10. The molecule has 0 aromatic heterocycles. The molecule has 2 unspecified atom stereocenters. The highest BCUT2D eigenvalue weighted by molar-refractivity contribution is 9.10. The predicted molar refractivity (Wildman–Crippen MR) is 80.7 cm³/mol. The minimum Gasteiger partial charge on any atom is -0.313 e. The number of thioether (sulfide) groups is 1. The highest BCUT2D eigenvalue weighted by Crippen LogP contribution is 2.29. The molecule has 2 rings (SSSR count). The van der Waals surface area contributed by atoms with Crippen LogP contribution in [0.4, 0.5) is 4.39 Å². The summed E-state index contributed by atoms with van der Waals surface area (Å²) in [6.07, 6.45) is 1.98. The zero-order chi connectivity index (χ0) is 13.0. The Morgan fingerprint density at radius 2 is 2.28 bits per heavy atom. The summed E-state index contributed by atoms with van der Waals surface area (Å²) in [5.41, 5.74) is 0.833. The minimum atomic E-state index is -0.0793. The van der Waals surface area contributed by atoms with Crippen molar-refractivity contribution in [1.29, 1.82) is 0 Å². The van der Waals surface area contributed by atoms with Crippen molar-refractivity contribution >= 4 is 27.7 Å². The van der Waals surface area contributed by atoms with Crippen molar-refractivity contribution in [1.82, 2.24) is 5.32 Å². The lowest BCUT2D eigenvalue weighted by molar-refractivity contribution is 0.419. The molecule has 1 aliphatic heterocycles. The molecule has 100 valence electrons. The summed E-state index contributed by atoms with van der Waals surface area (Å²) in [6, 6.07) is 5.76. The van der Waals surface area contributed by atoms with Gasteiger partial charge in [0.25, 0.3) is 0 Å². The number of nitrogens with one attached hydrogen (secondary N) is 1. The molecule has 1 saturated heterocycles. The molecule has 0 aliphatic carbocycles. The molecule has 4 heteroatoms. The summed E-state index contributed by atoms with van der Waals surface area (Å²) in [5.74, 6) is 2.75. The molecule has 0 spiro atoms. The van der Waals surface area contributed by atoms with Crippen molar-refractivity contribution in [2.75, 3.05) is 18.1 Å². The second kappa shape index (κ2) is 6.92. The van der Waals surface area contributed by atoms with Gasteiger partial charge >= 0.3 is 0 Å². The Bertz CT molecular complexity index is 399. The van der Waals surface area contributed by atoms with E-state index >= 15 is 0 Å². The second-order valence-corrected chi connectivity index (χ2v) is 6.79. The molecule has 1 heterocycles. The first-order valence-electron chi connectivity index (χ1n) is 6.45. The van der Waals surface area contributed by atoms with Crippen LogP contribution >= 0.6 is 27.7 Å². The van der Waals surface area contributed by atoms with Crippen molar-refractivity contribution in [3.8, 4) is 0 Å². The van der Waals surface area contributed by atoms with E-state index in [-0.39, 0.29) is 5.82 Å². The van der Waals surface area contributed by atoms with Crippen LogP contribution in [0.1, 0.15) is 18.9 Å². The smallest absolute Gasteiger partial charge is 0.126 e. The summed E-state index contributed by atoms with van der Waals surface area (Å²) >= 11 is 5.39. The predicted octanol–water partition coefficient (Wildman–Crippen LogP) is 3.86. The van der Waals surface area contributed by atoms with Gasteiger partial charge in [-0.15, -0.1) is 0 Å². The summed E-state index contributed by atoms with van der Waals surface area (Å²) in [6.45, 7) is 3.24. The van der Waals surface area contributed by atoms with Crippen molar-refractivity contribution in [3.05, 3.63) is 34.1 Å². The zero-order valence-corrected chi connectivity index (χ0v) is 13.0. The van der Waals surface area contributed by atoms with Gasteiger partial charge in [0.2, 0.25) is 0 Å². The van der Waals surface area contributed by atoms with Crippen LogP contribution < -0.4 is 5.32 Å². The van der Waals surface area contributed by atoms with Crippen molar-refractivity contribution in [2.45, 2.75) is 25.8 Å². The van der Waals surface area contributed by atoms with Gasteiger partial charge in [-0.3, -0.25) is 0 Å². The Balaban J connectivity index is 2.01. The molecule has 2 atom stereocenters. The van der Waals surface area contributed by atoms with Gasteiger partial charge in [-0.1, -0.05) is 22.9 Å². The van der Waals surface area contributed by atoms with E-state index in [0.717, 1.165) is 40.9 Å². The second-order valence-electron chi connectivity index (χ2n) is 4.80. The van der Waals surface area contributed by atoms with Gasteiger partial charge in [0.05, 0.1) is 0 Å². The van der Waals surface area contributed by atoms with E-state index in [1.54, 1.807) is 12.1 Å². The molecular formula is C14H19BrFNS. The first-order chi connectivity index (χ1) is 8.70. The van der Waals surface area contributed by atoms with Gasteiger partial charge in [-0.05, 0) is 54.8 Å². The average Bonchev–Trinajstić information content (AvgIpc) is 2.79. The Hall–Kier alpha value is -0.0600. The molecule has 18 heavy (non-hydrogen) atoms. The zero-order valence-electron chi connectivity index (χ0n) is 10.6. The molecule has 1 fully saturated rings. The lowest BCUT2D eigenvalue weighted by Gasteiger charge is -2.20. The number of halogens is 2. The maximum atomic E-state index is 13.8. The molecule has 0 saturated carbocycles. The van der Waals surface area contributed by atoms with Crippen LogP contribution in [0.25, 0.3) is 0 Å². The summed E-state index contributed by atoms with van der Waals surface area (Å²) < 4.78 is 14.7. The van der Waals surface area contributed by atoms with E-state index in [2.05, 4.69) is 28.2 Å². The van der Waals surface area contributed by atoms with Gasteiger partial charge in [-0.2, -0.15) is 11.8 Å². The maximum absolute atomic E-state index is 13.8. The Morgan fingerprint density at radius 3 is 3.06 bits per heavy atom. The van der Waals surface area contributed by atoms with Gasteiger partial charge in [0, 0.05) is 16.3 Å². The van der Waals surface area contributed by atoms with Gasteiger partial charge < -0.3 is 5.32 Å². The normalized spacial score (nSPS) is 23.5. The van der Waals surface area contributed by atoms with Crippen LogP contribution in [0.3, 0.4) is 0 Å². The van der Waals surface area contributed by atoms with Crippen LogP contribution in [0.15, 0.2) is 22.7 Å². The molecule has 1 aromatic carbocycles. The standard InChI is InChI=1S/C14H19BrFNS/c1-2-5-17-14-9-18-8-11(14)6-10-7-12(15)3-4-13(10)16/h3-4,7,11,14,17H,2,5-6,8-9H2,1H3. The fourth-order valence-electron chi connectivity index (χ4n) is 2.34. The van der Waals surface area contributed by atoms with E-state index < -0.39 is 0 Å². The van der Waals surface area contributed by atoms with Gasteiger partial charge in [0.15, 0.2) is 0 Å². The van der Waals surface area contributed by atoms with E-state index in [0.29, 0.717) is 12.0 Å². The monoisotopic (exact) mass is 331 g/mol. The lowest BCUT2D eigenvalue weighted by Crippen LogP contribution is -2.36. The number of benzene rings is 1. The Labute approximate surface area is 121 Å². The number of hydrogen-bond donors (Lipinski definition) is 1. The molecule has 1 nitrogen and oxygen atoms in total. The van der Waals surface area contributed by atoms with Crippen molar-refractivity contribution in [3.63, 3.8) is 0 Å². The molecular weight excluding hydrogens is 313 g/mol. The van der Waals surface area contributed by atoms with Crippen LogP contribution in [-0.2, 0) is 6.42 Å². The molecule has 0 amide bonds. The van der Waals surface area contributed by atoms with Crippen LogP contribution in [-0.4, -0.2) is 24.1 Å². The van der Waals surface area contributed by atoms with Crippen molar-refractivity contribution in [2.24, 2.45) is 5.92 Å². The largest absolute Gasteiger partial charge is 0.313 e. The molecule has 1 aromatic rings. The minimum absolute atomic E-state index is 0.0793. The van der Waals surface area contributed by atoms with E-state index in [4.69, 9.17) is 0 Å². The Morgan fingerprint density at radius 1 is 1.44 bits per heavy atom. The molecule has 0 radical (unpaired) electrons. The van der Waals surface area contributed by atoms with Gasteiger partial charge in [0.1, 0.15) is 5.82 Å². The third kappa shape index (κ3) is 3.72. The van der Waals surface area contributed by atoms with Crippen molar-refractivity contribution < 1.29 is 4.39 Å². The topological polar surface area (TPSA) is 12.0 Å². The average molecular weight is 332 g/mol. The Kier molecular flexibility index (Phi) is 5.52. The quantitative estimate of drug-likeness (QED) is 0.879. The third-order valence-electron chi connectivity index (χ3n) is 3.34. The molecule has 0 bridgehead atoms. The van der Waals surface area contributed by atoms with Crippen LogP contribution in [0.2, 0.25) is 0 Å². The summed E-state index contributed by atoms with van der Waals surface area (Å²) in [7, 11) is 0. The summed E-state index contributed by atoms with van der Waals surface area (Å²) in [5, 5.41) is 3.58. The van der Waals surface area contributed by atoms with Crippen LogP contribution in [0.5, 0.6) is 0 Å². The highest BCUT2D eigenvalue weighted by Gasteiger charge is 2.27. The fraction of sp³-hybridized carbons (Fsp3) is 0.571. The number of hydrogen-bond acceptors (Lipinski definition) is 2. The molecule has 1 aliphatic rings. The van der Waals surface area contributed by atoms with Crippen LogP contribution in [0, 0.1) is 11.7 Å². The fourth-order valence-corrected chi connectivity index (χ4v) is 4.18. The number of rotatable bonds is 5. The van der Waals surface area contributed by atoms with E-state index in [1.807, 2.05) is 17.8 Å². The summed E-state index contributed by atoms with van der Waals surface area (Å²) in [4.78, 5) is 0. The first-order valence-corrected chi connectivity index (χ1v) is 8.40. The van der Waals surface area contributed by atoms with Gasteiger partial charge in [-0.25, -0.2) is 4.39 Å². The lowest BCUT2D eigenvalue weighted by atomic mass is 9.94. The molecule has 1 N–H and O–H groups in total. The first kappa shape index (κ1) is 14.4.